The van der Waals surface area contributed by atoms with Crippen LogP contribution in [-0.4, -0.2) is 9.97 Å². The summed E-state index contributed by atoms with van der Waals surface area (Å²) in [6.07, 6.45) is 0. The maximum absolute atomic E-state index is 6.75. The normalized spacial score (nSPS) is 11.9. The van der Waals surface area contributed by atoms with Crippen LogP contribution in [0.1, 0.15) is 0 Å². The largest absolute Gasteiger partial charge is 0.455 e. The third kappa shape index (κ3) is 3.67. The molecular formula is C42H24N2O2. The molecular weight excluding hydrogens is 564 g/mol. The Morgan fingerprint density at radius 3 is 1.74 bits per heavy atom. The van der Waals surface area contributed by atoms with Crippen molar-refractivity contribution in [2.45, 2.75) is 0 Å². The Hall–Kier alpha value is -6.26. The standard InChI is InChI=1S/C42H24N2O2/c1-3-11-25(12-4-1)27-19-21-32-35(23-27)46-41-37(32)29-15-7-8-16-30(29)40-38(41)33-22-20-28(24-36(33)45-40)42-43-34-18-10-9-17-31(34)39(44-42)26-13-5-2-6-14-26/h1-24H. The number of hydrogen-bond acceptors (Lipinski definition) is 4. The van der Waals surface area contributed by atoms with Gasteiger partial charge in [-0.25, -0.2) is 9.97 Å². The number of rotatable bonds is 3. The Balaban J connectivity index is 1.23. The molecule has 3 heterocycles. The van der Waals surface area contributed by atoms with Crippen molar-refractivity contribution in [1.29, 1.82) is 0 Å². The smallest absolute Gasteiger partial charge is 0.160 e. The van der Waals surface area contributed by atoms with Crippen molar-refractivity contribution in [1.82, 2.24) is 9.97 Å². The van der Waals surface area contributed by atoms with Crippen molar-refractivity contribution >= 4 is 65.6 Å². The second-order valence-electron chi connectivity index (χ2n) is 11.7. The molecule has 0 atom stereocenters. The number of furan rings is 2. The molecule has 214 valence electrons. The summed E-state index contributed by atoms with van der Waals surface area (Å²) in [6.45, 7) is 0. The number of fused-ring (bicyclic) bond motifs is 11. The third-order valence-electron chi connectivity index (χ3n) is 9.06. The quantitative estimate of drug-likeness (QED) is 0.206. The first-order valence-corrected chi connectivity index (χ1v) is 15.4. The summed E-state index contributed by atoms with van der Waals surface area (Å²) in [5.74, 6) is 0.659. The van der Waals surface area contributed by atoms with Crippen molar-refractivity contribution in [2.24, 2.45) is 0 Å². The molecule has 7 aromatic carbocycles. The maximum Gasteiger partial charge on any atom is 0.160 e. The van der Waals surface area contributed by atoms with Crippen LogP contribution in [0, 0.1) is 0 Å². The van der Waals surface area contributed by atoms with Gasteiger partial charge >= 0.3 is 0 Å². The maximum atomic E-state index is 6.75. The zero-order chi connectivity index (χ0) is 30.2. The van der Waals surface area contributed by atoms with Gasteiger partial charge in [-0.15, -0.1) is 0 Å². The van der Waals surface area contributed by atoms with E-state index in [1.807, 2.05) is 42.5 Å². The lowest BCUT2D eigenvalue weighted by molar-refractivity contribution is 0.665. The molecule has 0 fully saturated rings. The zero-order valence-electron chi connectivity index (χ0n) is 24.6. The minimum atomic E-state index is 0.659. The van der Waals surface area contributed by atoms with Crippen LogP contribution in [0.4, 0.5) is 0 Å². The monoisotopic (exact) mass is 588 g/mol. The first-order chi connectivity index (χ1) is 22.8. The van der Waals surface area contributed by atoms with E-state index in [1.165, 1.54) is 0 Å². The molecule has 0 radical (unpaired) electrons. The van der Waals surface area contributed by atoms with Gasteiger partial charge in [0.1, 0.15) is 22.3 Å². The Bertz CT molecular complexity index is 2790. The summed E-state index contributed by atoms with van der Waals surface area (Å²) in [5, 5.41) is 7.38. The van der Waals surface area contributed by atoms with Crippen molar-refractivity contribution < 1.29 is 8.83 Å². The molecule has 3 aromatic heterocycles. The lowest BCUT2D eigenvalue weighted by Gasteiger charge is -2.09. The van der Waals surface area contributed by atoms with Crippen LogP contribution in [0.3, 0.4) is 0 Å². The highest BCUT2D eigenvalue weighted by molar-refractivity contribution is 6.33. The topological polar surface area (TPSA) is 52.1 Å². The summed E-state index contributed by atoms with van der Waals surface area (Å²) < 4.78 is 13.5. The van der Waals surface area contributed by atoms with Gasteiger partial charge in [-0.05, 0) is 46.8 Å². The molecule has 10 aromatic rings. The molecule has 46 heavy (non-hydrogen) atoms. The summed E-state index contributed by atoms with van der Waals surface area (Å²) in [5.41, 5.74) is 9.35. The van der Waals surface area contributed by atoms with Gasteiger partial charge < -0.3 is 8.83 Å². The van der Waals surface area contributed by atoms with E-state index in [0.717, 1.165) is 93.5 Å². The number of benzene rings is 7. The van der Waals surface area contributed by atoms with E-state index in [1.54, 1.807) is 0 Å². The van der Waals surface area contributed by atoms with E-state index in [-0.39, 0.29) is 0 Å². The van der Waals surface area contributed by atoms with Crippen LogP contribution in [0.25, 0.3) is 99.3 Å². The molecule has 0 bridgehead atoms. The van der Waals surface area contributed by atoms with E-state index >= 15 is 0 Å². The lowest BCUT2D eigenvalue weighted by Crippen LogP contribution is -1.95. The van der Waals surface area contributed by atoms with Gasteiger partial charge in [0.2, 0.25) is 0 Å². The van der Waals surface area contributed by atoms with Crippen molar-refractivity contribution in [2.75, 3.05) is 0 Å². The van der Waals surface area contributed by atoms with Crippen LogP contribution < -0.4 is 0 Å². The molecule has 0 spiro atoms. The summed E-state index contributed by atoms with van der Waals surface area (Å²) in [4.78, 5) is 10.1. The molecule has 0 saturated carbocycles. The highest BCUT2D eigenvalue weighted by Gasteiger charge is 2.22. The van der Waals surface area contributed by atoms with E-state index in [2.05, 4.69) is 103 Å². The van der Waals surface area contributed by atoms with Gasteiger partial charge in [0.25, 0.3) is 0 Å². The average Bonchev–Trinajstić information content (AvgIpc) is 3.70. The van der Waals surface area contributed by atoms with Crippen molar-refractivity contribution in [3.05, 3.63) is 146 Å². The second-order valence-corrected chi connectivity index (χ2v) is 11.7. The number of aromatic nitrogens is 2. The van der Waals surface area contributed by atoms with Gasteiger partial charge in [-0.3, -0.25) is 0 Å². The summed E-state index contributed by atoms with van der Waals surface area (Å²) >= 11 is 0. The number of para-hydroxylation sites is 1. The van der Waals surface area contributed by atoms with Gasteiger partial charge in [0, 0.05) is 38.1 Å². The molecule has 4 nitrogen and oxygen atoms in total. The second kappa shape index (κ2) is 9.62. The highest BCUT2D eigenvalue weighted by atomic mass is 16.3. The van der Waals surface area contributed by atoms with Crippen LogP contribution in [0.5, 0.6) is 0 Å². The molecule has 0 aliphatic heterocycles. The van der Waals surface area contributed by atoms with Crippen LogP contribution >= 0.6 is 0 Å². The lowest BCUT2D eigenvalue weighted by atomic mass is 9.98. The molecule has 0 aliphatic rings. The van der Waals surface area contributed by atoms with Gasteiger partial charge in [0.15, 0.2) is 5.82 Å². The predicted molar refractivity (Wildman–Crippen MR) is 188 cm³/mol. The average molecular weight is 589 g/mol. The number of nitrogens with zero attached hydrogens (tertiary/aromatic N) is 2. The van der Waals surface area contributed by atoms with Crippen molar-refractivity contribution in [3.8, 4) is 33.8 Å². The fraction of sp³-hybridized carbons (Fsp3) is 0. The van der Waals surface area contributed by atoms with Gasteiger partial charge in [0.05, 0.1) is 16.6 Å². The third-order valence-corrected chi connectivity index (χ3v) is 9.06. The SMILES string of the molecule is c1ccc(-c2ccc3c(c2)oc2c3c3ccccc3c3oc4cc(-c5nc(-c6ccccc6)c6ccccc6n5)ccc4c32)cc1. The van der Waals surface area contributed by atoms with Crippen LogP contribution in [0.2, 0.25) is 0 Å². The van der Waals surface area contributed by atoms with Crippen LogP contribution in [0.15, 0.2) is 154 Å². The zero-order valence-corrected chi connectivity index (χ0v) is 24.6. The van der Waals surface area contributed by atoms with E-state index in [9.17, 15) is 0 Å². The predicted octanol–water partition coefficient (Wildman–Crippen LogP) is 11.6. The molecule has 0 amide bonds. The minimum absolute atomic E-state index is 0.659. The molecule has 4 heteroatoms. The van der Waals surface area contributed by atoms with Gasteiger partial charge in [-0.1, -0.05) is 115 Å². The molecule has 10 rings (SSSR count). The van der Waals surface area contributed by atoms with E-state index < -0.39 is 0 Å². The molecule has 0 unspecified atom stereocenters. The summed E-state index contributed by atoms with van der Waals surface area (Å²) in [6, 6.07) is 50.1. The van der Waals surface area contributed by atoms with E-state index in [0.29, 0.717) is 5.82 Å². The molecule has 0 saturated heterocycles. The Morgan fingerprint density at radius 1 is 0.370 bits per heavy atom. The Morgan fingerprint density at radius 2 is 0.957 bits per heavy atom. The van der Waals surface area contributed by atoms with Gasteiger partial charge in [-0.2, -0.15) is 0 Å². The fourth-order valence-corrected chi connectivity index (χ4v) is 6.92. The molecule has 0 N–H and O–H groups in total. The minimum Gasteiger partial charge on any atom is -0.455 e. The van der Waals surface area contributed by atoms with Crippen molar-refractivity contribution in [3.63, 3.8) is 0 Å². The first-order valence-electron chi connectivity index (χ1n) is 15.4. The van der Waals surface area contributed by atoms with E-state index in [4.69, 9.17) is 18.8 Å². The first kappa shape index (κ1) is 25.1. The Labute approximate surface area is 263 Å². The summed E-state index contributed by atoms with van der Waals surface area (Å²) in [7, 11) is 0. The Kier molecular flexibility index (Phi) is 5.25. The highest BCUT2D eigenvalue weighted by Crippen LogP contribution is 2.45. The molecule has 0 aliphatic carbocycles. The number of hydrogen-bond donors (Lipinski definition) is 0. The fourth-order valence-electron chi connectivity index (χ4n) is 6.92. The van der Waals surface area contributed by atoms with Crippen LogP contribution in [-0.2, 0) is 0 Å².